The van der Waals surface area contributed by atoms with Crippen LogP contribution in [0.4, 0.5) is 4.79 Å². The van der Waals surface area contributed by atoms with Gasteiger partial charge in [0.15, 0.2) is 0 Å². The molecule has 0 unspecified atom stereocenters. The van der Waals surface area contributed by atoms with Gasteiger partial charge in [-0.2, -0.15) is 0 Å². The summed E-state index contributed by atoms with van der Waals surface area (Å²) in [5.41, 5.74) is 0.393. The van der Waals surface area contributed by atoms with Gasteiger partial charge in [-0.25, -0.2) is 4.79 Å². The molecular formula is C11H23NO2. The van der Waals surface area contributed by atoms with E-state index in [-0.39, 0.29) is 6.09 Å². The lowest BCUT2D eigenvalue weighted by Crippen LogP contribution is -2.25. The third-order valence-corrected chi connectivity index (χ3v) is 1.90. The van der Waals surface area contributed by atoms with Crippen LogP contribution in [0.5, 0.6) is 0 Å². The Kier molecular flexibility index (Phi) is 6.34. The zero-order valence-corrected chi connectivity index (χ0v) is 9.85. The fourth-order valence-corrected chi connectivity index (χ4v) is 1.15. The van der Waals surface area contributed by atoms with E-state index in [9.17, 15) is 4.79 Å². The highest BCUT2D eigenvalue weighted by Gasteiger charge is 2.08. The lowest BCUT2D eigenvalue weighted by atomic mass is 9.90. The maximum Gasteiger partial charge on any atom is 0.407 e. The minimum atomic E-state index is -0.303. The standard InChI is InChI=1S/C11H23NO2/c1-5-14-10(13)12-9-7-6-8-11(2,3)4/h5-9H2,1-4H3,(H,12,13). The van der Waals surface area contributed by atoms with E-state index in [0.717, 1.165) is 19.4 Å². The normalized spacial score (nSPS) is 11.1. The summed E-state index contributed by atoms with van der Waals surface area (Å²) in [6, 6.07) is 0. The number of ether oxygens (including phenoxy) is 1. The smallest absolute Gasteiger partial charge is 0.407 e. The average Bonchev–Trinajstić information content (AvgIpc) is 2.02. The molecule has 14 heavy (non-hydrogen) atoms. The molecule has 1 N–H and O–H groups in total. The Morgan fingerprint density at radius 2 is 1.93 bits per heavy atom. The molecule has 0 spiro atoms. The van der Waals surface area contributed by atoms with Crippen molar-refractivity contribution >= 4 is 6.09 Å². The van der Waals surface area contributed by atoms with Crippen LogP contribution in [0.2, 0.25) is 0 Å². The summed E-state index contributed by atoms with van der Waals surface area (Å²) in [6.07, 6.45) is 3.06. The molecular weight excluding hydrogens is 178 g/mol. The second-order valence-electron chi connectivity index (χ2n) is 4.67. The number of amides is 1. The van der Waals surface area contributed by atoms with Crippen LogP contribution in [0.15, 0.2) is 0 Å². The van der Waals surface area contributed by atoms with Crippen molar-refractivity contribution in [1.82, 2.24) is 5.32 Å². The van der Waals surface area contributed by atoms with Gasteiger partial charge in [-0.3, -0.25) is 0 Å². The lowest BCUT2D eigenvalue weighted by Gasteiger charge is -2.17. The van der Waals surface area contributed by atoms with Crippen LogP contribution in [0.3, 0.4) is 0 Å². The Balaban J connectivity index is 3.26. The largest absolute Gasteiger partial charge is 0.450 e. The first-order valence-electron chi connectivity index (χ1n) is 5.36. The number of nitrogens with one attached hydrogen (secondary N) is 1. The highest BCUT2D eigenvalue weighted by atomic mass is 16.5. The summed E-state index contributed by atoms with van der Waals surface area (Å²) < 4.78 is 4.74. The molecule has 0 saturated carbocycles. The molecule has 0 heterocycles. The molecule has 3 nitrogen and oxygen atoms in total. The van der Waals surface area contributed by atoms with Crippen molar-refractivity contribution in [2.75, 3.05) is 13.2 Å². The Hall–Kier alpha value is -0.730. The van der Waals surface area contributed by atoms with Crippen molar-refractivity contribution < 1.29 is 9.53 Å². The maximum absolute atomic E-state index is 10.9. The molecule has 0 aliphatic heterocycles. The number of rotatable bonds is 5. The fourth-order valence-electron chi connectivity index (χ4n) is 1.15. The van der Waals surface area contributed by atoms with E-state index >= 15 is 0 Å². The summed E-state index contributed by atoms with van der Waals surface area (Å²) in [7, 11) is 0. The van der Waals surface area contributed by atoms with Crippen LogP contribution in [0.25, 0.3) is 0 Å². The molecule has 0 aromatic rings. The Morgan fingerprint density at radius 1 is 1.29 bits per heavy atom. The number of hydrogen-bond acceptors (Lipinski definition) is 2. The lowest BCUT2D eigenvalue weighted by molar-refractivity contribution is 0.152. The molecule has 0 aromatic carbocycles. The number of hydrogen-bond donors (Lipinski definition) is 1. The quantitative estimate of drug-likeness (QED) is 0.694. The van der Waals surface area contributed by atoms with E-state index in [1.54, 1.807) is 6.92 Å². The maximum atomic E-state index is 10.9. The molecule has 0 rings (SSSR count). The van der Waals surface area contributed by atoms with Crippen molar-refractivity contribution in [2.24, 2.45) is 5.41 Å². The molecule has 0 radical (unpaired) electrons. The van der Waals surface area contributed by atoms with Gasteiger partial charge in [-0.05, 0) is 25.2 Å². The highest BCUT2D eigenvalue weighted by molar-refractivity contribution is 5.66. The van der Waals surface area contributed by atoms with Gasteiger partial charge >= 0.3 is 6.09 Å². The summed E-state index contributed by atoms with van der Waals surface area (Å²) in [4.78, 5) is 10.9. The minimum Gasteiger partial charge on any atom is -0.450 e. The average molecular weight is 201 g/mol. The molecule has 0 aliphatic rings. The molecule has 0 saturated heterocycles. The summed E-state index contributed by atoms with van der Waals surface area (Å²) in [5, 5.41) is 2.71. The Morgan fingerprint density at radius 3 is 2.43 bits per heavy atom. The zero-order valence-electron chi connectivity index (χ0n) is 9.85. The third-order valence-electron chi connectivity index (χ3n) is 1.90. The highest BCUT2D eigenvalue weighted by Crippen LogP contribution is 2.20. The van der Waals surface area contributed by atoms with Crippen LogP contribution >= 0.6 is 0 Å². The van der Waals surface area contributed by atoms with Crippen LogP contribution in [-0.4, -0.2) is 19.2 Å². The van der Waals surface area contributed by atoms with Crippen molar-refractivity contribution in [3.8, 4) is 0 Å². The van der Waals surface area contributed by atoms with E-state index in [1.807, 2.05) is 0 Å². The van der Waals surface area contributed by atoms with Gasteiger partial charge in [-0.15, -0.1) is 0 Å². The Bertz CT molecular complexity index is 161. The topological polar surface area (TPSA) is 38.3 Å². The van der Waals surface area contributed by atoms with Gasteiger partial charge in [0, 0.05) is 6.54 Å². The molecule has 0 aliphatic carbocycles. The SMILES string of the molecule is CCOC(=O)NCCCCC(C)(C)C. The van der Waals surface area contributed by atoms with Crippen molar-refractivity contribution in [3.63, 3.8) is 0 Å². The van der Waals surface area contributed by atoms with Gasteiger partial charge in [0.1, 0.15) is 0 Å². The van der Waals surface area contributed by atoms with Gasteiger partial charge < -0.3 is 10.1 Å². The summed E-state index contributed by atoms with van der Waals surface area (Å²) in [5.74, 6) is 0. The van der Waals surface area contributed by atoms with E-state index in [1.165, 1.54) is 6.42 Å². The van der Waals surface area contributed by atoms with Crippen LogP contribution in [0, 0.1) is 5.41 Å². The van der Waals surface area contributed by atoms with Crippen LogP contribution < -0.4 is 5.32 Å². The van der Waals surface area contributed by atoms with Gasteiger partial charge in [0.25, 0.3) is 0 Å². The minimum absolute atomic E-state index is 0.303. The number of carbonyl (C=O) groups is 1. The monoisotopic (exact) mass is 201 g/mol. The molecule has 0 aromatic heterocycles. The van der Waals surface area contributed by atoms with E-state index < -0.39 is 0 Å². The zero-order chi connectivity index (χ0) is 11.0. The van der Waals surface area contributed by atoms with Gasteiger partial charge in [0.05, 0.1) is 6.61 Å². The van der Waals surface area contributed by atoms with Crippen LogP contribution in [0.1, 0.15) is 47.0 Å². The second-order valence-corrected chi connectivity index (χ2v) is 4.67. The molecule has 0 atom stereocenters. The first kappa shape index (κ1) is 13.3. The predicted molar refractivity (Wildman–Crippen MR) is 58.3 cm³/mol. The summed E-state index contributed by atoms with van der Waals surface area (Å²) >= 11 is 0. The van der Waals surface area contributed by atoms with Crippen molar-refractivity contribution in [2.45, 2.75) is 47.0 Å². The Labute approximate surface area is 87.2 Å². The summed E-state index contributed by atoms with van der Waals surface area (Å²) in [6.45, 7) is 9.64. The van der Waals surface area contributed by atoms with Gasteiger partial charge in [-0.1, -0.05) is 27.2 Å². The molecule has 0 fully saturated rings. The van der Waals surface area contributed by atoms with Crippen molar-refractivity contribution in [1.29, 1.82) is 0 Å². The number of carbonyl (C=O) groups excluding carboxylic acids is 1. The number of alkyl carbamates (subject to hydrolysis) is 1. The van der Waals surface area contributed by atoms with E-state index in [0.29, 0.717) is 12.0 Å². The fraction of sp³-hybridized carbons (Fsp3) is 0.909. The predicted octanol–water partition coefficient (Wildman–Crippen LogP) is 2.95. The second kappa shape index (κ2) is 6.68. The van der Waals surface area contributed by atoms with Gasteiger partial charge in [0.2, 0.25) is 0 Å². The molecule has 3 heteroatoms. The third kappa shape index (κ3) is 9.36. The van der Waals surface area contributed by atoms with Crippen LogP contribution in [-0.2, 0) is 4.74 Å². The first-order chi connectivity index (χ1) is 6.45. The van der Waals surface area contributed by atoms with E-state index in [2.05, 4.69) is 26.1 Å². The number of unbranched alkanes of at least 4 members (excludes halogenated alkanes) is 1. The van der Waals surface area contributed by atoms with E-state index in [4.69, 9.17) is 4.74 Å². The molecule has 84 valence electrons. The molecule has 0 bridgehead atoms. The molecule has 1 amide bonds. The first-order valence-corrected chi connectivity index (χ1v) is 5.36. The van der Waals surface area contributed by atoms with Crippen molar-refractivity contribution in [3.05, 3.63) is 0 Å².